The predicted octanol–water partition coefficient (Wildman–Crippen LogP) is 4.99. The molecular weight excluding hydrogens is 463 g/mol. The largest absolute Gasteiger partial charge is 0.497 e. The Kier molecular flexibility index (Phi) is 6.61. The zero-order valence-electron chi connectivity index (χ0n) is 14.4. The maximum absolute atomic E-state index is 12.4. The van der Waals surface area contributed by atoms with Crippen molar-refractivity contribution in [2.75, 3.05) is 18.2 Å². The molecule has 2 heterocycles. The summed E-state index contributed by atoms with van der Waals surface area (Å²) in [5.74, 6) is -0.189. The molecular formula is C17H14Cl2N2O4S3. The second kappa shape index (κ2) is 8.79. The number of aromatic nitrogens is 1. The molecule has 11 heteroatoms. The summed E-state index contributed by atoms with van der Waals surface area (Å²) < 4.78 is 30.8. The third-order valence-corrected chi connectivity index (χ3v) is 7.68. The third kappa shape index (κ3) is 5.03. The van der Waals surface area contributed by atoms with Crippen LogP contribution in [0.5, 0.6) is 5.75 Å². The number of benzene rings is 1. The van der Waals surface area contributed by atoms with E-state index in [1.54, 1.807) is 23.6 Å². The van der Waals surface area contributed by atoms with Crippen molar-refractivity contribution in [3.63, 3.8) is 0 Å². The van der Waals surface area contributed by atoms with E-state index in [0.717, 1.165) is 0 Å². The van der Waals surface area contributed by atoms with Crippen molar-refractivity contribution in [3.05, 3.63) is 44.4 Å². The third-order valence-electron chi connectivity index (χ3n) is 3.70. The van der Waals surface area contributed by atoms with E-state index in [-0.39, 0.29) is 17.1 Å². The number of thiazole rings is 1. The molecule has 0 saturated carbocycles. The van der Waals surface area contributed by atoms with Crippen molar-refractivity contribution >= 4 is 66.8 Å². The van der Waals surface area contributed by atoms with E-state index in [1.807, 2.05) is 0 Å². The van der Waals surface area contributed by atoms with Gasteiger partial charge in [-0.2, -0.15) is 0 Å². The topological polar surface area (TPSA) is 85.4 Å². The molecule has 1 amide bonds. The molecule has 0 fully saturated rings. The Labute approximate surface area is 180 Å². The first-order valence-electron chi connectivity index (χ1n) is 7.86. The minimum atomic E-state index is -3.58. The molecule has 0 aliphatic carbocycles. The Hall–Kier alpha value is -1.65. The summed E-state index contributed by atoms with van der Waals surface area (Å²) in [7, 11) is -2.08. The number of carbonyl (C=O) groups is 1. The monoisotopic (exact) mass is 476 g/mol. The summed E-state index contributed by atoms with van der Waals surface area (Å²) in [5, 5.41) is 4.72. The van der Waals surface area contributed by atoms with E-state index in [4.69, 9.17) is 27.9 Å². The Morgan fingerprint density at radius 3 is 2.57 bits per heavy atom. The maximum Gasteiger partial charge on any atom is 0.227 e. The van der Waals surface area contributed by atoms with E-state index in [1.165, 1.54) is 41.9 Å². The van der Waals surface area contributed by atoms with Gasteiger partial charge in [0.05, 0.1) is 27.8 Å². The van der Waals surface area contributed by atoms with Crippen LogP contribution in [0.4, 0.5) is 5.13 Å². The molecule has 0 atom stereocenters. The van der Waals surface area contributed by atoms with Gasteiger partial charge in [-0.15, -0.1) is 22.7 Å². The number of carbonyl (C=O) groups excluding carboxylic acids is 1. The number of thiophene rings is 1. The van der Waals surface area contributed by atoms with Crippen LogP contribution in [0.15, 0.2) is 40.6 Å². The number of halogens is 2. The highest BCUT2D eigenvalue weighted by Gasteiger charge is 2.18. The average Bonchev–Trinajstić information content (AvgIpc) is 3.25. The first kappa shape index (κ1) is 21.1. The van der Waals surface area contributed by atoms with Crippen molar-refractivity contribution in [2.24, 2.45) is 0 Å². The zero-order valence-corrected chi connectivity index (χ0v) is 18.4. The molecule has 0 aliphatic rings. The lowest BCUT2D eigenvalue weighted by Crippen LogP contribution is -2.17. The van der Waals surface area contributed by atoms with Crippen LogP contribution in [0.2, 0.25) is 8.67 Å². The molecule has 0 unspecified atom stereocenters. The van der Waals surface area contributed by atoms with Crippen molar-refractivity contribution in [2.45, 2.75) is 11.3 Å². The van der Waals surface area contributed by atoms with Gasteiger partial charge in [-0.1, -0.05) is 23.2 Å². The fraction of sp³-hybridized carbons (Fsp3) is 0.176. The molecule has 28 heavy (non-hydrogen) atoms. The normalized spacial score (nSPS) is 11.4. The smallest absolute Gasteiger partial charge is 0.227 e. The summed E-state index contributed by atoms with van der Waals surface area (Å²) in [5.41, 5.74) is 1.29. The van der Waals surface area contributed by atoms with Crippen LogP contribution in [0.3, 0.4) is 0 Å². The number of methoxy groups -OCH3 is 1. The van der Waals surface area contributed by atoms with E-state index in [9.17, 15) is 13.2 Å². The molecule has 0 saturated heterocycles. The van der Waals surface area contributed by atoms with E-state index in [2.05, 4.69) is 10.3 Å². The van der Waals surface area contributed by atoms with Crippen molar-refractivity contribution < 1.29 is 17.9 Å². The fourth-order valence-corrected chi connectivity index (χ4v) is 5.73. The van der Waals surface area contributed by atoms with Gasteiger partial charge < -0.3 is 10.1 Å². The van der Waals surface area contributed by atoms with Crippen LogP contribution in [-0.4, -0.2) is 32.2 Å². The number of nitrogens with one attached hydrogen (secondary N) is 1. The number of amides is 1. The van der Waals surface area contributed by atoms with Crippen molar-refractivity contribution in [1.82, 2.24) is 4.98 Å². The molecule has 0 bridgehead atoms. The highest BCUT2D eigenvalue weighted by atomic mass is 35.5. The van der Waals surface area contributed by atoms with Crippen LogP contribution in [0.25, 0.3) is 11.3 Å². The highest BCUT2D eigenvalue weighted by molar-refractivity contribution is 7.91. The highest BCUT2D eigenvalue weighted by Crippen LogP contribution is 2.39. The molecule has 1 aromatic carbocycles. The SMILES string of the molecule is COc1ccc(S(=O)(=O)CCC(=O)Nc2nc(-c3cc(Cl)sc3Cl)cs2)cc1. The molecule has 148 valence electrons. The number of rotatable bonds is 7. The lowest BCUT2D eigenvalue weighted by molar-refractivity contribution is -0.115. The summed E-state index contributed by atoms with van der Waals surface area (Å²) in [6.07, 6.45) is -0.186. The van der Waals surface area contributed by atoms with Gasteiger partial charge >= 0.3 is 0 Å². The van der Waals surface area contributed by atoms with Gasteiger partial charge in [-0.3, -0.25) is 4.79 Å². The Balaban J connectivity index is 1.60. The Morgan fingerprint density at radius 2 is 1.96 bits per heavy atom. The number of hydrogen-bond donors (Lipinski definition) is 1. The number of nitrogens with zero attached hydrogens (tertiary/aromatic N) is 1. The molecule has 2 aromatic heterocycles. The molecule has 0 aliphatic heterocycles. The van der Waals surface area contributed by atoms with Gasteiger partial charge in [0, 0.05) is 17.4 Å². The first-order chi connectivity index (χ1) is 13.3. The molecule has 6 nitrogen and oxygen atoms in total. The molecule has 3 rings (SSSR count). The minimum Gasteiger partial charge on any atom is -0.497 e. The summed E-state index contributed by atoms with van der Waals surface area (Å²) in [6.45, 7) is 0. The van der Waals surface area contributed by atoms with Crippen molar-refractivity contribution in [3.8, 4) is 17.0 Å². The van der Waals surface area contributed by atoms with Crippen molar-refractivity contribution in [1.29, 1.82) is 0 Å². The van der Waals surface area contributed by atoms with Crippen LogP contribution in [0, 0.1) is 0 Å². The van der Waals surface area contributed by atoms with E-state index >= 15 is 0 Å². The Morgan fingerprint density at radius 1 is 1.25 bits per heavy atom. The van der Waals surface area contributed by atoms with Gasteiger partial charge in [-0.05, 0) is 30.3 Å². The van der Waals surface area contributed by atoms with Gasteiger partial charge in [0.2, 0.25) is 5.91 Å². The molecule has 1 N–H and O–H groups in total. The first-order valence-corrected chi connectivity index (χ1v) is 12.0. The van der Waals surface area contributed by atoms with E-state index < -0.39 is 15.7 Å². The summed E-state index contributed by atoms with van der Waals surface area (Å²) >= 11 is 14.5. The van der Waals surface area contributed by atoms with Crippen LogP contribution < -0.4 is 10.1 Å². The number of anilines is 1. The maximum atomic E-state index is 12.4. The minimum absolute atomic E-state index is 0.140. The Bertz CT molecular complexity index is 1090. The molecule has 0 spiro atoms. The van der Waals surface area contributed by atoms with Gasteiger partial charge in [0.25, 0.3) is 0 Å². The standard InChI is InChI=1S/C17H14Cl2N2O4S3/c1-25-10-2-4-11(5-3-10)28(23,24)7-6-15(22)21-17-20-13(9-26-17)12-8-14(18)27-16(12)19/h2-5,8-9H,6-7H2,1H3,(H,20,21,22). The fourth-order valence-electron chi connectivity index (χ4n) is 2.28. The summed E-state index contributed by atoms with van der Waals surface area (Å²) in [4.78, 5) is 16.6. The quantitative estimate of drug-likeness (QED) is 0.518. The average molecular weight is 477 g/mol. The van der Waals surface area contributed by atoms with Crippen LogP contribution in [-0.2, 0) is 14.6 Å². The number of sulfone groups is 1. The molecule has 3 aromatic rings. The molecule has 0 radical (unpaired) electrons. The predicted molar refractivity (Wildman–Crippen MR) is 114 cm³/mol. The van der Waals surface area contributed by atoms with E-state index in [0.29, 0.717) is 30.8 Å². The second-order valence-electron chi connectivity index (χ2n) is 5.57. The van der Waals surface area contributed by atoms with Gasteiger partial charge in [0.15, 0.2) is 15.0 Å². The second-order valence-corrected chi connectivity index (χ2v) is 10.8. The number of hydrogen-bond acceptors (Lipinski definition) is 7. The van der Waals surface area contributed by atoms with Crippen LogP contribution >= 0.6 is 45.9 Å². The van der Waals surface area contributed by atoms with Gasteiger partial charge in [-0.25, -0.2) is 13.4 Å². The zero-order chi connectivity index (χ0) is 20.3. The van der Waals surface area contributed by atoms with Crippen LogP contribution in [0.1, 0.15) is 6.42 Å². The lowest BCUT2D eigenvalue weighted by atomic mass is 10.3. The van der Waals surface area contributed by atoms with Gasteiger partial charge in [0.1, 0.15) is 10.1 Å². The lowest BCUT2D eigenvalue weighted by Gasteiger charge is -2.06. The number of ether oxygens (including phenoxy) is 1. The summed E-state index contributed by atoms with van der Waals surface area (Å²) in [6, 6.07) is 7.73.